The van der Waals surface area contributed by atoms with Gasteiger partial charge in [0.25, 0.3) is 0 Å². The number of aliphatic hydroxyl groups excluding tert-OH is 1. The number of rotatable bonds is 7. The quantitative estimate of drug-likeness (QED) is 0.795. The monoisotopic (exact) mass is 369 g/mol. The Morgan fingerprint density at radius 3 is 2.70 bits per heavy atom. The van der Waals surface area contributed by atoms with Crippen LogP contribution in [-0.4, -0.2) is 43.4 Å². The molecule has 3 rings (SSSR count). The van der Waals surface area contributed by atoms with E-state index in [1.54, 1.807) is 7.11 Å². The molecular weight excluding hydrogens is 341 g/mol. The lowest BCUT2D eigenvalue weighted by molar-refractivity contribution is 0.0376. The maximum atomic E-state index is 13.2. The maximum Gasteiger partial charge on any atom is 0.126 e. The third-order valence-electron chi connectivity index (χ3n) is 5.37. The molecule has 1 aliphatic rings. The molecule has 27 heavy (non-hydrogen) atoms. The molecule has 1 aliphatic heterocycles. The fourth-order valence-corrected chi connectivity index (χ4v) is 3.96. The van der Waals surface area contributed by atoms with E-state index in [4.69, 9.17) is 4.74 Å². The molecule has 1 atom stereocenters. The zero-order valence-electron chi connectivity index (χ0n) is 15.9. The van der Waals surface area contributed by atoms with Crippen molar-refractivity contribution in [1.29, 1.82) is 0 Å². The largest absolute Gasteiger partial charge is 0.496 e. The summed E-state index contributed by atoms with van der Waals surface area (Å²) in [6, 6.07) is 14.6. The van der Waals surface area contributed by atoms with Gasteiger partial charge in [0.1, 0.15) is 11.6 Å². The molecule has 0 amide bonds. The number of nitrogens with zero attached hydrogens (tertiary/aromatic N) is 1. The second kappa shape index (κ2) is 9.16. The van der Waals surface area contributed by atoms with Crippen LogP contribution in [-0.2, 0) is 6.42 Å². The van der Waals surface area contributed by atoms with Gasteiger partial charge in [0.2, 0.25) is 0 Å². The van der Waals surface area contributed by atoms with E-state index in [0.717, 1.165) is 55.8 Å². The molecule has 1 N–H and O–H groups in total. The van der Waals surface area contributed by atoms with Gasteiger partial charge < -0.3 is 9.84 Å². The minimum atomic E-state index is -0.219. The van der Waals surface area contributed by atoms with Crippen molar-refractivity contribution in [2.75, 3.05) is 33.4 Å². The van der Waals surface area contributed by atoms with Gasteiger partial charge in [0.05, 0.1) is 13.7 Å². The van der Waals surface area contributed by atoms with E-state index < -0.39 is 0 Å². The van der Waals surface area contributed by atoms with E-state index in [1.807, 2.05) is 36.4 Å². The van der Waals surface area contributed by atoms with Crippen LogP contribution in [0, 0.1) is 11.2 Å². The number of methoxy groups -OCH3 is 1. The topological polar surface area (TPSA) is 32.7 Å². The van der Waals surface area contributed by atoms with Crippen LogP contribution >= 0.6 is 0 Å². The SMILES string of the molecule is COc1ccccc1C=CCN1CCCC(CO)(Cc2ccc(F)cc2)C1. The van der Waals surface area contributed by atoms with E-state index in [2.05, 4.69) is 17.1 Å². The lowest BCUT2D eigenvalue weighted by Crippen LogP contribution is -2.46. The molecule has 3 nitrogen and oxygen atoms in total. The highest BCUT2D eigenvalue weighted by Crippen LogP contribution is 2.33. The van der Waals surface area contributed by atoms with Crippen molar-refractivity contribution >= 4 is 6.08 Å². The molecule has 0 radical (unpaired) electrons. The first-order chi connectivity index (χ1) is 13.1. The van der Waals surface area contributed by atoms with Gasteiger partial charge in [-0.25, -0.2) is 4.39 Å². The van der Waals surface area contributed by atoms with Gasteiger partial charge in [0, 0.05) is 24.1 Å². The minimum absolute atomic E-state index is 0.150. The van der Waals surface area contributed by atoms with Gasteiger partial charge in [-0.3, -0.25) is 4.90 Å². The molecule has 4 heteroatoms. The lowest BCUT2D eigenvalue weighted by atomic mass is 9.75. The highest BCUT2D eigenvalue weighted by molar-refractivity contribution is 5.57. The van der Waals surface area contributed by atoms with Crippen LogP contribution in [0.1, 0.15) is 24.0 Å². The molecule has 0 aromatic heterocycles. The Kier molecular flexibility index (Phi) is 6.64. The van der Waals surface area contributed by atoms with Crippen molar-refractivity contribution in [3.63, 3.8) is 0 Å². The summed E-state index contributed by atoms with van der Waals surface area (Å²) in [5.41, 5.74) is 1.99. The van der Waals surface area contributed by atoms with Gasteiger partial charge in [0.15, 0.2) is 0 Å². The summed E-state index contributed by atoms with van der Waals surface area (Å²) >= 11 is 0. The van der Waals surface area contributed by atoms with E-state index in [9.17, 15) is 9.50 Å². The number of aliphatic hydroxyl groups is 1. The smallest absolute Gasteiger partial charge is 0.126 e. The Balaban J connectivity index is 1.63. The summed E-state index contributed by atoms with van der Waals surface area (Å²) in [7, 11) is 1.68. The highest BCUT2D eigenvalue weighted by Gasteiger charge is 2.34. The van der Waals surface area contributed by atoms with Gasteiger partial charge in [-0.15, -0.1) is 0 Å². The Labute approximate surface area is 161 Å². The Bertz CT molecular complexity index is 759. The van der Waals surface area contributed by atoms with Crippen LogP contribution in [0.15, 0.2) is 54.6 Å². The van der Waals surface area contributed by atoms with Crippen LogP contribution in [0.4, 0.5) is 4.39 Å². The zero-order valence-corrected chi connectivity index (χ0v) is 15.9. The molecule has 0 spiro atoms. The third-order valence-corrected chi connectivity index (χ3v) is 5.37. The highest BCUT2D eigenvalue weighted by atomic mass is 19.1. The number of halogens is 1. The summed E-state index contributed by atoms with van der Waals surface area (Å²) in [6.07, 6.45) is 7.07. The first-order valence-corrected chi connectivity index (χ1v) is 9.51. The normalized spacial score (nSPS) is 20.9. The van der Waals surface area contributed by atoms with E-state index in [0.29, 0.717) is 0 Å². The second-order valence-electron chi connectivity index (χ2n) is 7.44. The molecule has 0 saturated carbocycles. The number of para-hydroxylation sites is 1. The van der Waals surface area contributed by atoms with Crippen LogP contribution in [0.25, 0.3) is 6.08 Å². The first-order valence-electron chi connectivity index (χ1n) is 9.51. The van der Waals surface area contributed by atoms with Gasteiger partial charge in [-0.2, -0.15) is 0 Å². The summed E-state index contributed by atoms with van der Waals surface area (Å²) in [4.78, 5) is 2.38. The Morgan fingerprint density at radius 2 is 1.96 bits per heavy atom. The number of hydrogen-bond donors (Lipinski definition) is 1. The van der Waals surface area contributed by atoms with Crippen LogP contribution < -0.4 is 4.74 Å². The van der Waals surface area contributed by atoms with Crippen molar-refractivity contribution < 1.29 is 14.2 Å². The molecule has 2 aromatic carbocycles. The Hall–Kier alpha value is -2.17. The van der Waals surface area contributed by atoms with Crippen LogP contribution in [0.2, 0.25) is 0 Å². The molecule has 1 unspecified atom stereocenters. The fraction of sp³-hybridized carbons (Fsp3) is 0.391. The minimum Gasteiger partial charge on any atom is -0.496 e. The van der Waals surface area contributed by atoms with Gasteiger partial charge in [-0.05, 0) is 49.6 Å². The second-order valence-corrected chi connectivity index (χ2v) is 7.44. The van der Waals surface area contributed by atoms with E-state index in [-0.39, 0.29) is 17.8 Å². The summed E-state index contributed by atoms with van der Waals surface area (Å²) in [5.74, 6) is 0.650. The van der Waals surface area contributed by atoms with Crippen molar-refractivity contribution in [3.8, 4) is 5.75 Å². The maximum absolute atomic E-state index is 13.2. The van der Waals surface area contributed by atoms with Crippen molar-refractivity contribution in [3.05, 3.63) is 71.6 Å². The number of hydrogen-bond acceptors (Lipinski definition) is 3. The third kappa shape index (κ3) is 5.18. The molecule has 0 bridgehead atoms. The molecule has 2 aromatic rings. The summed E-state index contributed by atoms with van der Waals surface area (Å²) in [6.45, 7) is 2.86. The predicted octanol–water partition coefficient (Wildman–Crippen LogP) is 4.16. The molecule has 1 fully saturated rings. The van der Waals surface area contributed by atoms with Gasteiger partial charge in [-0.1, -0.05) is 42.5 Å². The molecule has 1 saturated heterocycles. The van der Waals surface area contributed by atoms with E-state index >= 15 is 0 Å². The van der Waals surface area contributed by atoms with Crippen LogP contribution in [0.3, 0.4) is 0 Å². The Morgan fingerprint density at radius 1 is 1.19 bits per heavy atom. The van der Waals surface area contributed by atoms with Crippen molar-refractivity contribution in [2.24, 2.45) is 5.41 Å². The number of piperidine rings is 1. The average molecular weight is 369 g/mol. The molecule has 0 aliphatic carbocycles. The number of benzene rings is 2. The lowest BCUT2D eigenvalue weighted by Gasteiger charge is -2.41. The molecule has 1 heterocycles. The molecule has 144 valence electrons. The van der Waals surface area contributed by atoms with Crippen molar-refractivity contribution in [2.45, 2.75) is 19.3 Å². The van der Waals surface area contributed by atoms with Crippen LogP contribution in [0.5, 0.6) is 5.75 Å². The predicted molar refractivity (Wildman–Crippen MR) is 107 cm³/mol. The van der Waals surface area contributed by atoms with Gasteiger partial charge >= 0.3 is 0 Å². The first kappa shape index (κ1) is 19.6. The molecular formula is C23H28FNO2. The number of ether oxygens (including phenoxy) is 1. The van der Waals surface area contributed by atoms with Crippen molar-refractivity contribution in [1.82, 2.24) is 4.90 Å². The van der Waals surface area contributed by atoms with E-state index in [1.165, 1.54) is 12.1 Å². The fourth-order valence-electron chi connectivity index (χ4n) is 3.96. The standard InChI is InChI=1S/C23H28FNO2/c1-27-22-8-3-2-6-20(22)7-4-14-25-15-5-13-23(17-25,18-26)16-19-9-11-21(24)12-10-19/h2-4,6-12,26H,5,13-18H2,1H3. The average Bonchev–Trinajstić information content (AvgIpc) is 2.70. The summed E-state index contributed by atoms with van der Waals surface area (Å²) < 4.78 is 18.6. The number of likely N-dealkylation sites (tertiary alicyclic amines) is 1. The zero-order chi connectivity index (χ0) is 19.1. The summed E-state index contributed by atoms with van der Waals surface area (Å²) in [5, 5.41) is 10.1.